The van der Waals surface area contributed by atoms with E-state index < -0.39 is 40.8 Å². The summed E-state index contributed by atoms with van der Waals surface area (Å²) in [4.78, 5) is 24.7. The van der Waals surface area contributed by atoms with Gasteiger partial charge in [0.1, 0.15) is 11.2 Å². The maximum absolute atomic E-state index is 13.2. The van der Waals surface area contributed by atoms with Crippen LogP contribution in [0.2, 0.25) is 0 Å². The number of aromatic amines is 1. The van der Waals surface area contributed by atoms with Gasteiger partial charge in [-0.05, 0) is 30.7 Å². The molecule has 170 valence electrons. The Morgan fingerprint density at radius 3 is 2.28 bits per heavy atom. The molecule has 0 amide bonds. The molecule has 4 rings (SSSR count). The van der Waals surface area contributed by atoms with E-state index in [2.05, 4.69) is 20.3 Å². The van der Waals surface area contributed by atoms with Crippen molar-refractivity contribution in [3.63, 3.8) is 0 Å². The van der Waals surface area contributed by atoms with Gasteiger partial charge >= 0.3 is 12.4 Å². The molecule has 3 N–H and O–H groups in total. The lowest BCUT2D eigenvalue weighted by atomic mass is 10.1. The van der Waals surface area contributed by atoms with E-state index in [4.69, 9.17) is 0 Å². The molecule has 0 radical (unpaired) electrons. The van der Waals surface area contributed by atoms with Crippen molar-refractivity contribution >= 4 is 28.4 Å². The molecule has 3 aromatic rings. The first-order chi connectivity index (χ1) is 14.9. The molecule has 0 saturated carbocycles. The molecule has 13 heteroatoms. The van der Waals surface area contributed by atoms with Gasteiger partial charge in [-0.2, -0.15) is 31.3 Å². The number of rotatable bonds is 3. The summed E-state index contributed by atoms with van der Waals surface area (Å²) < 4.78 is 79.1. The molecular formula is C19H15F6N5O2. The third-order valence-corrected chi connectivity index (χ3v) is 4.90. The van der Waals surface area contributed by atoms with E-state index in [-0.39, 0.29) is 35.3 Å². The maximum atomic E-state index is 13.2. The van der Waals surface area contributed by atoms with Crippen LogP contribution in [0.5, 0.6) is 0 Å². The third-order valence-electron chi connectivity index (χ3n) is 4.90. The number of fused-ring (bicyclic) bond motifs is 1. The summed E-state index contributed by atoms with van der Waals surface area (Å²) in [7, 11) is 0. The van der Waals surface area contributed by atoms with Gasteiger partial charge in [-0.25, -0.2) is 4.98 Å². The number of anilines is 3. The van der Waals surface area contributed by atoms with Crippen molar-refractivity contribution in [3.05, 3.63) is 51.9 Å². The number of β-amino-alcohol motifs (C(OH)–C–C–N with tert-alkyl or cyclic N) is 1. The van der Waals surface area contributed by atoms with Crippen molar-refractivity contribution in [1.29, 1.82) is 0 Å². The van der Waals surface area contributed by atoms with Gasteiger partial charge in [0.05, 0.1) is 22.7 Å². The summed E-state index contributed by atoms with van der Waals surface area (Å²) >= 11 is 0. The number of aliphatic hydroxyl groups excluding tert-OH is 1. The fourth-order valence-electron chi connectivity index (χ4n) is 3.40. The summed E-state index contributed by atoms with van der Waals surface area (Å²) in [5.74, 6) is -0.189. The lowest BCUT2D eigenvalue weighted by Gasteiger charge is -2.19. The number of hydrogen-bond acceptors (Lipinski definition) is 6. The number of halogens is 6. The highest BCUT2D eigenvalue weighted by Gasteiger charge is 2.37. The molecule has 0 spiro atoms. The van der Waals surface area contributed by atoms with Crippen molar-refractivity contribution in [1.82, 2.24) is 15.0 Å². The van der Waals surface area contributed by atoms with Crippen LogP contribution >= 0.6 is 0 Å². The number of hydrogen-bond donors (Lipinski definition) is 3. The van der Waals surface area contributed by atoms with Crippen LogP contribution in [0.25, 0.3) is 10.9 Å². The van der Waals surface area contributed by atoms with Crippen LogP contribution in [-0.2, 0) is 12.4 Å². The van der Waals surface area contributed by atoms with E-state index in [9.17, 15) is 36.2 Å². The van der Waals surface area contributed by atoms with Gasteiger partial charge < -0.3 is 20.3 Å². The molecule has 1 aliphatic rings. The molecule has 2 aromatic heterocycles. The zero-order valence-corrected chi connectivity index (χ0v) is 16.1. The summed E-state index contributed by atoms with van der Waals surface area (Å²) in [6, 6.07) is 2.43. The standard InChI is InChI=1S/C19H15F6N5O2/c20-18(21,22)9-5-10(19(23,24)25)7-11(6-9)27-15-14-13(1-3-26-16(14)32)28-17(29-15)30-4-2-12(31)8-30/h1,3,5-7,12,31H,2,4,8H2,(H,26,32)(H,27,28,29). The predicted molar refractivity (Wildman–Crippen MR) is 103 cm³/mol. The summed E-state index contributed by atoms with van der Waals surface area (Å²) in [6.07, 6.45) is -8.96. The van der Waals surface area contributed by atoms with Crippen molar-refractivity contribution < 1.29 is 31.4 Å². The molecular weight excluding hydrogens is 444 g/mol. The first-order valence-electron chi connectivity index (χ1n) is 9.31. The second-order valence-electron chi connectivity index (χ2n) is 7.25. The van der Waals surface area contributed by atoms with Gasteiger partial charge in [-0.3, -0.25) is 4.79 Å². The summed E-state index contributed by atoms with van der Waals surface area (Å²) in [5.41, 5.74) is -4.12. The number of pyridine rings is 1. The fourth-order valence-corrected chi connectivity index (χ4v) is 3.40. The highest BCUT2D eigenvalue weighted by molar-refractivity contribution is 5.91. The Labute approximate surface area is 175 Å². The van der Waals surface area contributed by atoms with Gasteiger partial charge in [0, 0.05) is 25.0 Å². The van der Waals surface area contributed by atoms with Crippen molar-refractivity contribution in [2.75, 3.05) is 23.3 Å². The van der Waals surface area contributed by atoms with Crippen LogP contribution in [0, 0.1) is 0 Å². The van der Waals surface area contributed by atoms with Crippen molar-refractivity contribution in [2.45, 2.75) is 24.9 Å². The Balaban J connectivity index is 1.86. The minimum atomic E-state index is -5.03. The minimum absolute atomic E-state index is 0.00706. The predicted octanol–water partition coefficient (Wildman–Crippen LogP) is 3.67. The van der Waals surface area contributed by atoms with E-state index in [1.54, 1.807) is 4.90 Å². The van der Waals surface area contributed by atoms with Crippen LogP contribution in [0.3, 0.4) is 0 Å². The smallest absolute Gasteiger partial charge is 0.391 e. The van der Waals surface area contributed by atoms with E-state index in [1.165, 1.54) is 12.3 Å². The van der Waals surface area contributed by atoms with Gasteiger partial charge in [0.2, 0.25) is 5.95 Å². The monoisotopic (exact) mass is 459 g/mol. The number of nitrogens with one attached hydrogen (secondary N) is 2. The molecule has 32 heavy (non-hydrogen) atoms. The van der Waals surface area contributed by atoms with E-state index in [0.29, 0.717) is 25.1 Å². The van der Waals surface area contributed by atoms with Crippen LogP contribution in [0.15, 0.2) is 35.3 Å². The van der Waals surface area contributed by atoms with E-state index in [1.807, 2.05) is 0 Å². The second-order valence-corrected chi connectivity index (χ2v) is 7.25. The average Bonchev–Trinajstić information content (AvgIpc) is 3.12. The lowest BCUT2D eigenvalue weighted by Crippen LogP contribution is -2.24. The molecule has 1 aromatic carbocycles. The Morgan fingerprint density at radius 2 is 1.72 bits per heavy atom. The Kier molecular flexibility index (Phi) is 5.23. The van der Waals surface area contributed by atoms with Crippen LogP contribution < -0.4 is 15.8 Å². The van der Waals surface area contributed by atoms with Gasteiger partial charge in [0.25, 0.3) is 5.56 Å². The van der Waals surface area contributed by atoms with Gasteiger partial charge in [-0.1, -0.05) is 0 Å². The highest BCUT2D eigenvalue weighted by Crippen LogP contribution is 2.38. The lowest BCUT2D eigenvalue weighted by molar-refractivity contribution is -0.143. The molecule has 7 nitrogen and oxygen atoms in total. The number of H-pyrrole nitrogens is 1. The topological polar surface area (TPSA) is 94.1 Å². The molecule has 0 bridgehead atoms. The van der Waals surface area contributed by atoms with Crippen molar-refractivity contribution in [2.24, 2.45) is 0 Å². The molecule has 1 aliphatic heterocycles. The Hall–Kier alpha value is -3.35. The molecule has 1 fully saturated rings. The summed E-state index contributed by atoms with van der Waals surface area (Å²) in [5, 5.41) is 12.0. The second kappa shape index (κ2) is 7.65. The fraction of sp³-hybridized carbons (Fsp3) is 0.316. The number of nitrogens with zero attached hydrogens (tertiary/aromatic N) is 3. The van der Waals surface area contributed by atoms with E-state index >= 15 is 0 Å². The molecule has 1 atom stereocenters. The highest BCUT2D eigenvalue weighted by atomic mass is 19.4. The van der Waals surface area contributed by atoms with Crippen LogP contribution in [0.1, 0.15) is 17.5 Å². The quantitative estimate of drug-likeness (QED) is 0.518. The van der Waals surface area contributed by atoms with E-state index in [0.717, 1.165) is 0 Å². The van der Waals surface area contributed by atoms with Crippen LogP contribution in [0.4, 0.5) is 43.8 Å². The maximum Gasteiger partial charge on any atom is 0.416 e. The zero-order chi connectivity index (χ0) is 23.3. The average molecular weight is 459 g/mol. The largest absolute Gasteiger partial charge is 0.416 e. The number of benzene rings is 1. The third kappa shape index (κ3) is 4.33. The number of alkyl halides is 6. The SMILES string of the molecule is O=c1[nH]ccc2nc(N3CCC(O)C3)nc(Nc3cc(C(F)(F)F)cc(C(F)(F)F)c3)c12. The van der Waals surface area contributed by atoms with Crippen molar-refractivity contribution in [3.8, 4) is 0 Å². The molecule has 3 heterocycles. The summed E-state index contributed by atoms with van der Waals surface area (Å²) in [6.45, 7) is 0.576. The van der Waals surface area contributed by atoms with Gasteiger partial charge in [-0.15, -0.1) is 0 Å². The van der Waals surface area contributed by atoms with Crippen LogP contribution in [-0.4, -0.2) is 39.3 Å². The van der Waals surface area contributed by atoms with Gasteiger partial charge in [0.15, 0.2) is 0 Å². The number of aliphatic hydroxyl groups is 1. The Morgan fingerprint density at radius 1 is 1.06 bits per heavy atom. The zero-order valence-electron chi connectivity index (χ0n) is 16.1. The molecule has 0 aliphatic carbocycles. The molecule has 1 saturated heterocycles. The Bertz CT molecular complexity index is 1190. The normalized spacial score (nSPS) is 17.2. The minimum Gasteiger partial charge on any atom is -0.391 e. The first kappa shape index (κ1) is 21.9. The first-order valence-corrected chi connectivity index (χ1v) is 9.31. The number of aromatic nitrogens is 3. The molecule has 1 unspecified atom stereocenters.